The summed E-state index contributed by atoms with van der Waals surface area (Å²) in [4.78, 5) is 20.4. The van der Waals surface area contributed by atoms with Gasteiger partial charge in [-0.15, -0.1) is 0 Å². The van der Waals surface area contributed by atoms with Crippen molar-refractivity contribution in [1.82, 2.24) is 30.6 Å². The predicted octanol–water partition coefficient (Wildman–Crippen LogP) is 1.97. The van der Waals surface area contributed by atoms with Crippen molar-refractivity contribution < 1.29 is 9.32 Å². The molecule has 0 saturated carbocycles. The van der Waals surface area contributed by atoms with Crippen molar-refractivity contribution in [3.05, 3.63) is 47.9 Å². The quantitative estimate of drug-likeness (QED) is 0.716. The second-order valence-electron chi connectivity index (χ2n) is 5.49. The van der Waals surface area contributed by atoms with Crippen LogP contribution in [0.15, 0.2) is 35.1 Å². The minimum absolute atomic E-state index is 0.116. The molecule has 2 heterocycles. The molecule has 0 fully saturated rings. The Morgan fingerprint density at radius 3 is 2.96 bits per heavy atom. The number of aryl methyl sites for hydroxylation is 2. The summed E-state index contributed by atoms with van der Waals surface area (Å²) >= 11 is 0. The third-order valence-corrected chi connectivity index (χ3v) is 3.64. The molecule has 1 amide bonds. The van der Waals surface area contributed by atoms with Crippen LogP contribution in [0.2, 0.25) is 0 Å². The van der Waals surface area contributed by atoms with Crippen LogP contribution in [0.25, 0.3) is 11.4 Å². The number of H-pyrrole nitrogens is 1. The molecule has 0 bridgehead atoms. The van der Waals surface area contributed by atoms with Crippen LogP contribution in [-0.2, 0) is 11.2 Å². The number of hydrogen-bond donors (Lipinski definition) is 2. The van der Waals surface area contributed by atoms with Crippen LogP contribution >= 0.6 is 0 Å². The lowest BCUT2D eigenvalue weighted by molar-refractivity contribution is -0.121. The lowest BCUT2D eigenvalue weighted by atomic mass is 10.1. The number of nitrogens with one attached hydrogen (secondary N) is 2. The second-order valence-corrected chi connectivity index (χ2v) is 5.49. The summed E-state index contributed by atoms with van der Waals surface area (Å²) in [7, 11) is 0. The first-order valence-corrected chi connectivity index (χ1v) is 7.66. The van der Waals surface area contributed by atoms with Gasteiger partial charge in [0.1, 0.15) is 12.2 Å². The van der Waals surface area contributed by atoms with Gasteiger partial charge < -0.3 is 9.84 Å². The highest BCUT2D eigenvalue weighted by molar-refractivity contribution is 5.76. The molecule has 0 aliphatic rings. The number of carbonyl (C=O) groups is 1. The molecule has 3 aromatic rings. The zero-order valence-electron chi connectivity index (χ0n) is 13.5. The largest absolute Gasteiger partial charge is 0.346 e. The van der Waals surface area contributed by atoms with Crippen LogP contribution in [-0.4, -0.2) is 31.2 Å². The summed E-state index contributed by atoms with van der Waals surface area (Å²) in [5.74, 6) is 1.48. The van der Waals surface area contributed by atoms with E-state index in [0.717, 1.165) is 11.1 Å². The topological polar surface area (TPSA) is 110 Å². The van der Waals surface area contributed by atoms with Crippen LogP contribution in [0.1, 0.15) is 36.7 Å². The van der Waals surface area contributed by atoms with E-state index in [2.05, 4.69) is 30.6 Å². The molecule has 1 unspecified atom stereocenters. The molecule has 2 aromatic heterocycles. The van der Waals surface area contributed by atoms with Gasteiger partial charge in [-0.2, -0.15) is 10.1 Å². The maximum absolute atomic E-state index is 12.0. The summed E-state index contributed by atoms with van der Waals surface area (Å²) in [6.07, 6.45) is 2.05. The van der Waals surface area contributed by atoms with Crippen molar-refractivity contribution in [2.45, 2.75) is 32.7 Å². The van der Waals surface area contributed by atoms with Crippen molar-refractivity contribution >= 4 is 5.91 Å². The molecule has 124 valence electrons. The van der Waals surface area contributed by atoms with Crippen molar-refractivity contribution in [2.75, 3.05) is 0 Å². The van der Waals surface area contributed by atoms with Gasteiger partial charge in [-0.3, -0.25) is 9.89 Å². The van der Waals surface area contributed by atoms with E-state index < -0.39 is 0 Å². The van der Waals surface area contributed by atoms with Gasteiger partial charge in [0.2, 0.25) is 17.6 Å². The fraction of sp³-hybridized carbons (Fsp3) is 0.312. The highest BCUT2D eigenvalue weighted by Gasteiger charge is 2.14. The molecular weight excluding hydrogens is 308 g/mol. The molecule has 0 aliphatic carbocycles. The highest BCUT2D eigenvalue weighted by atomic mass is 16.5. The van der Waals surface area contributed by atoms with E-state index >= 15 is 0 Å². The monoisotopic (exact) mass is 326 g/mol. The van der Waals surface area contributed by atoms with Crippen LogP contribution in [0.5, 0.6) is 0 Å². The van der Waals surface area contributed by atoms with Crippen LogP contribution in [0.3, 0.4) is 0 Å². The minimum Gasteiger partial charge on any atom is -0.346 e. The maximum Gasteiger partial charge on any atom is 0.227 e. The molecule has 1 atom stereocenters. The fourth-order valence-electron chi connectivity index (χ4n) is 2.32. The number of aromatic nitrogens is 5. The van der Waals surface area contributed by atoms with Crippen molar-refractivity contribution in [1.29, 1.82) is 0 Å². The maximum atomic E-state index is 12.0. The molecule has 0 aliphatic heterocycles. The van der Waals surface area contributed by atoms with Gasteiger partial charge in [0, 0.05) is 18.4 Å². The predicted molar refractivity (Wildman–Crippen MR) is 85.7 cm³/mol. The zero-order valence-corrected chi connectivity index (χ0v) is 13.5. The van der Waals surface area contributed by atoms with Gasteiger partial charge in [0.15, 0.2) is 0 Å². The molecule has 24 heavy (non-hydrogen) atoms. The average Bonchev–Trinajstić information content (AvgIpc) is 3.25. The number of nitrogens with zero attached hydrogens (tertiary/aromatic N) is 4. The third-order valence-electron chi connectivity index (χ3n) is 3.64. The summed E-state index contributed by atoms with van der Waals surface area (Å²) in [5.41, 5.74) is 2.00. The molecule has 8 heteroatoms. The van der Waals surface area contributed by atoms with Gasteiger partial charge in [0.25, 0.3) is 0 Å². The van der Waals surface area contributed by atoms with Gasteiger partial charge in [-0.1, -0.05) is 29.4 Å². The summed E-state index contributed by atoms with van der Waals surface area (Å²) in [6, 6.07) is 7.58. The van der Waals surface area contributed by atoms with Crippen LogP contribution < -0.4 is 5.32 Å². The van der Waals surface area contributed by atoms with Crippen molar-refractivity contribution in [3.63, 3.8) is 0 Å². The number of carbonyl (C=O) groups excluding carboxylic acids is 1. The SMILES string of the molecule is Cc1ccccc1-c1noc(CCC(=O)NC(C)c2ncn[nH]2)n1. The number of benzene rings is 1. The Labute approximate surface area is 138 Å². The summed E-state index contributed by atoms with van der Waals surface area (Å²) in [5, 5.41) is 13.3. The fourth-order valence-corrected chi connectivity index (χ4v) is 2.32. The molecular formula is C16H18N6O2. The van der Waals surface area contributed by atoms with E-state index in [0.29, 0.717) is 24.0 Å². The van der Waals surface area contributed by atoms with Crippen LogP contribution in [0, 0.1) is 6.92 Å². The van der Waals surface area contributed by atoms with Gasteiger partial charge in [0.05, 0.1) is 6.04 Å². The Morgan fingerprint density at radius 1 is 1.38 bits per heavy atom. The summed E-state index contributed by atoms with van der Waals surface area (Å²) in [6.45, 7) is 3.82. The van der Waals surface area contributed by atoms with Gasteiger partial charge >= 0.3 is 0 Å². The Hall–Kier alpha value is -3.03. The molecule has 1 aromatic carbocycles. The summed E-state index contributed by atoms with van der Waals surface area (Å²) < 4.78 is 5.23. The lowest BCUT2D eigenvalue weighted by Crippen LogP contribution is -2.27. The van der Waals surface area contributed by atoms with Gasteiger partial charge in [-0.25, -0.2) is 4.98 Å². The molecule has 2 N–H and O–H groups in total. The first-order valence-electron chi connectivity index (χ1n) is 7.66. The minimum atomic E-state index is -0.231. The smallest absolute Gasteiger partial charge is 0.227 e. The van der Waals surface area contributed by atoms with E-state index in [1.807, 2.05) is 38.1 Å². The lowest BCUT2D eigenvalue weighted by Gasteiger charge is -2.09. The van der Waals surface area contributed by atoms with Crippen molar-refractivity contribution in [3.8, 4) is 11.4 Å². The van der Waals surface area contributed by atoms with Crippen molar-refractivity contribution in [2.24, 2.45) is 0 Å². The number of rotatable bonds is 6. The number of hydrogen-bond acceptors (Lipinski definition) is 6. The molecule has 0 saturated heterocycles. The standard InChI is InChI=1S/C16H18N6O2/c1-10-5-3-4-6-12(10)16-20-14(24-22-16)8-7-13(23)19-11(2)15-17-9-18-21-15/h3-6,9,11H,7-8H2,1-2H3,(H,19,23)(H,17,18,21). The average molecular weight is 326 g/mol. The first kappa shape index (κ1) is 15.9. The Morgan fingerprint density at radius 2 is 2.21 bits per heavy atom. The highest BCUT2D eigenvalue weighted by Crippen LogP contribution is 2.20. The van der Waals surface area contributed by atoms with E-state index in [9.17, 15) is 4.79 Å². The first-order chi connectivity index (χ1) is 11.6. The van der Waals surface area contributed by atoms with Gasteiger partial charge in [-0.05, 0) is 19.4 Å². The number of amides is 1. The Kier molecular flexibility index (Phi) is 4.64. The molecule has 3 rings (SSSR count). The zero-order chi connectivity index (χ0) is 16.9. The molecule has 0 spiro atoms. The molecule has 0 radical (unpaired) electrons. The van der Waals surface area contributed by atoms with E-state index in [4.69, 9.17) is 4.52 Å². The van der Waals surface area contributed by atoms with E-state index in [-0.39, 0.29) is 18.4 Å². The molecule has 8 nitrogen and oxygen atoms in total. The Balaban J connectivity index is 1.56. The Bertz CT molecular complexity index is 812. The van der Waals surface area contributed by atoms with E-state index in [1.54, 1.807) is 0 Å². The second kappa shape index (κ2) is 7.03. The normalized spacial score (nSPS) is 12.1. The third kappa shape index (κ3) is 3.65. The van der Waals surface area contributed by atoms with E-state index in [1.165, 1.54) is 6.33 Å². The van der Waals surface area contributed by atoms with Crippen LogP contribution in [0.4, 0.5) is 0 Å². The number of aromatic amines is 1.